The fraction of sp³-hybridized carbons (Fsp3) is 0.107. The van der Waals surface area contributed by atoms with Gasteiger partial charge in [-0.15, -0.1) is 0 Å². The van der Waals surface area contributed by atoms with Gasteiger partial charge >= 0.3 is 0 Å². The van der Waals surface area contributed by atoms with Gasteiger partial charge in [-0.05, 0) is 72.9 Å². The fourth-order valence-corrected chi connectivity index (χ4v) is 5.16. The van der Waals surface area contributed by atoms with Crippen LogP contribution in [0.15, 0.2) is 95.9 Å². The summed E-state index contributed by atoms with van der Waals surface area (Å²) in [5, 5.41) is 2.86. The molecule has 34 heavy (non-hydrogen) atoms. The third kappa shape index (κ3) is 5.02. The number of carbonyl (C=O) groups is 1. The number of hydrogen-bond donors (Lipinski definition) is 2. The molecule has 5 nitrogen and oxygen atoms in total. The number of sulfonamides is 1. The first-order chi connectivity index (χ1) is 16.2. The van der Waals surface area contributed by atoms with E-state index in [1.807, 2.05) is 68.4 Å². The van der Waals surface area contributed by atoms with Crippen molar-refractivity contribution in [3.05, 3.63) is 113 Å². The van der Waals surface area contributed by atoms with Crippen LogP contribution in [0.2, 0.25) is 0 Å². The van der Waals surface area contributed by atoms with Gasteiger partial charge in [0, 0.05) is 11.3 Å². The van der Waals surface area contributed by atoms with Crippen LogP contribution in [0, 0.1) is 20.8 Å². The Kier molecular flexibility index (Phi) is 6.52. The highest BCUT2D eigenvalue weighted by Crippen LogP contribution is 2.27. The van der Waals surface area contributed by atoms with Crippen LogP contribution in [-0.4, -0.2) is 14.3 Å². The van der Waals surface area contributed by atoms with Crippen LogP contribution < -0.4 is 10.0 Å². The van der Waals surface area contributed by atoms with E-state index in [0.717, 1.165) is 22.3 Å². The van der Waals surface area contributed by atoms with E-state index in [-0.39, 0.29) is 10.8 Å². The Morgan fingerprint density at radius 3 is 2.18 bits per heavy atom. The van der Waals surface area contributed by atoms with Crippen molar-refractivity contribution in [2.75, 3.05) is 10.0 Å². The number of benzene rings is 4. The van der Waals surface area contributed by atoms with Crippen LogP contribution in [-0.2, 0) is 10.0 Å². The largest absolute Gasteiger partial charge is 0.322 e. The smallest absolute Gasteiger partial charge is 0.262 e. The summed E-state index contributed by atoms with van der Waals surface area (Å²) in [6.07, 6.45) is 0. The summed E-state index contributed by atoms with van der Waals surface area (Å²) >= 11 is 0. The number of nitrogens with one attached hydrogen (secondary N) is 2. The van der Waals surface area contributed by atoms with Gasteiger partial charge in [-0.3, -0.25) is 9.52 Å². The van der Waals surface area contributed by atoms with Crippen molar-refractivity contribution in [1.29, 1.82) is 0 Å². The molecule has 0 unspecified atom stereocenters. The van der Waals surface area contributed by atoms with Crippen LogP contribution in [0.4, 0.5) is 11.4 Å². The van der Waals surface area contributed by atoms with Crippen molar-refractivity contribution in [3.63, 3.8) is 0 Å². The molecule has 0 saturated carbocycles. The predicted molar refractivity (Wildman–Crippen MR) is 138 cm³/mol. The molecule has 0 aliphatic heterocycles. The Labute approximate surface area is 200 Å². The molecule has 0 aromatic heterocycles. The van der Waals surface area contributed by atoms with E-state index in [9.17, 15) is 13.2 Å². The summed E-state index contributed by atoms with van der Waals surface area (Å²) < 4.78 is 29.1. The van der Waals surface area contributed by atoms with Crippen molar-refractivity contribution < 1.29 is 13.2 Å². The van der Waals surface area contributed by atoms with Crippen LogP contribution >= 0.6 is 0 Å². The maximum atomic E-state index is 13.2. The molecular formula is C28H26N2O3S. The van der Waals surface area contributed by atoms with Gasteiger partial charge in [0.1, 0.15) is 0 Å². The summed E-state index contributed by atoms with van der Waals surface area (Å²) in [5.74, 6) is -0.311. The molecule has 0 aliphatic carbocycles. The van der Waals surface area contributed by atoms with Gasteiger partial charge in [0.05, 0.1) is 10.6 Å². The Morgan fingerprint density at radius 1 is 0.735 bits per heavy atom. The van der Waals surface area contributed by atoms with Crippen molar-refractivity contribution in [1.82, 2.24) is 0 Å². The van der Waals surface area contributed by atoms with Crippen molar-refractivity contribution in [3.8, 4) is 11.1 Å². The van der Waals surface area contributed by atoms with Crippen LogP contribution in [0.3, 0.4) is 0 Å². The topological polar surface area (TPSA) is 75.3 Å². The van der Waals surface area contributed by atoms with E-state index in [1.54, 1.807) is 37.3 Å². The summed E-state index contributed by atoms with van der Waals surface area (Å²) in [7, 11) is -3.86. The fourth-order valence-electron chi connectivity index (χ4n) is 3.76. The number of amides is 1. The van der Waals surface area contributed by atoms with Gasteiger partial charge in [0.15, 0.2) is 0 Å². The van der Waals surface area contributed by atoms with Crippen molar-refractivity contribution in [2.45, 2.75) is 25.7 Å². The van der Waals surface area contributed by atoms with E-state index in [0.29, 0.717) is 22.5 Å². The molecule has 0 heterocycles. The molecule has 0 atom stereocenters. The molecule has 0 saturated heterocycles. The second kappa shape index (κ2) is 9.53. The van der Waals surface area contributed by atoms with E-state index in [2.05, 4.69) is 10.0 Å². The highest BCUT2D eigenvalue weighted by atomic mass is 32.2. The maximum Gasteiger partial charge on any atom is 0.262 e. The molecule has 4 aromatic rings. The first-order valence-corrected chi connectivity index (χ1v) is 12.4. The first kappa shape index (κ1) is 23.3. The second-order valence-corrected chi connectivity index (χ2v) is 9.92. The quantitative estimate of drug-likeness (QED) is 0.346. The molecule has 0 spiro atoms. The third-order valence-corrected chi connectivity index (χ3v) is 7.14. The Hall–Kier alpha value is -3.90. The summed E-state index contributed by atoms with van der Waals surface area (Å²) in [5.41, 5.74) is 5.54. The lowest BCUT2D eigenvalue weighted by Gasteiger charge is -2.15. The van der Waals surface area contributed by atoms with Gasteiger partial charge in [-0.25, -0.2) is 8.42 Å². The van der Waals surface area contributed by atoms with E-state index >= 15 is 0 Å². The number of rotatable bonds is 6. The lowest BCUT2D eigenvalue weighted by molar-refractivity contribution is 0.102. The van der Waals surface area contributed by atoms with Crippen LogP contribution in [0.5, 0.6) is 0 Å². The molecule has 0 fully saturated rings. The van der Waals surface area contributed by atoms with Gasteiger partial charge < -0.3 is 5.32 Å². The number of hydrogen-bond acceptors (Lipinski definition) is 3. The predicted octanol–water partition coefficient (Wildman–Crippen LogP) is 6.33. The van der Waals surface area contributed by atoms with Crippen molar-refractivity contribution >= 4 is 27.3 Å². The zero-order chi connectivity index (χ0) is 24.3. The molecule has 4 rings (SSSR count). The minimum atomic E-state index is -3.86. The molecule has 2 N–H and O–H groups in total. The standard InChI is InChI=1S/C28H26N2O3S/c1-19-13-14-20(2)26(17-19)30-34(32,33)27-18-23(16-15-21(27)3)29-28(31)25-12-8-7-11-24(25)22-9-5-4-6-10-22/h4-18,30H,1-3H3,(H,29,31). The second-order valence-electron chi connectivity index (χ2n) is 8.27. The highest BCUT2D eigenvalue weighted by Gasteiger charge is 2.20. The SMILES string of the molecule is Cc1ccc(C)c(NS(=O)(=O)c2cc(NC(=O)c3ccccc3-c3ccccc3)ccc2C)c1. The normalized spacial score (nSPS) is 11.1. The Balaban J connectivity index is 1.64. The first-order valence-electron chi connectivity index (χ1n) is 10.9. The third-order valence-electron chi connectivity index (χ3n) is 5.63. The molecule has 0 radical (unpaired) electrons. The molecule has 6 heteroatoms. The number of aryl methyl sites for hydroxylation is 3. The molecule has 0 aliphatic rings. The van der Waals surface area contributed by atoms with Gasteiger partial charge in [0.2, 0.25) is 0 Å². The molecule has 0 bridgehead atoms. The Morgan fingerprint density at radius 2 is 1.41 bits per heavy atom. The van der Waals surface area contributed by atoms with Gasteiger partial charge in [-0.1, -0.05) is 66.7 Å². The molecule has 172 valence electrons. The summed E-state index contributed by atoms with van der Waals surface area (Å²) in [6.45, 7) is 5.49. The zero-order valence-electron chi connectivity index (χ0n) is 19.3. The van der Waals surface area contributed by atoms with Crippen LogP contribution in [0.1, 0.15) is 27.0 Å². The number of anilines is 2. The molecular weight excluding hydrogens is 444 g/mol. The minimum absolute atomic E-state index is 0.113. The average Bonchev–Trinajstić information content (AvgIpc) is 2.83. The monoisotopic (exact) mass is 470 g/mol. The minimum Gasteiger partial charge on any atom is -0.322 e. The highest BCUT2D eigenvalue weighted by molar-refractivity contribution is 7.92. The lowest BCUT2D eigenvalue weighted by atomic mass is 9.99. The van der Waals surface area contributed by atoms with Crippen LogP contribution in [0.25, 0.3) is 11.1 Å². The lowest BCUT2D eigenvalue weighted by Crippen LogP contribution is -2.17. The molecule has 1 amide bonds. The van der Waals surface area contributed by atoms with E-state index < -0.39 is 10.0 Å². The zero-order valence-corrected chi connectivity index (χ0v) is 20.1. The van der Waals surface area contributed by atoms with Gasteiger partial charge in [0.25, 0.3) is 15.9 Å². The molecule has 4 aromatic carbocycles. The van der Waals surface area contributed by atoms with E-state index in [4.69, 9.17) is 0 Å². The number of carbonyl (C=O) groups excluding carboxylic acids is 1. The van der Waals surface area contributed by atoms with E-state index in [1.165, 1.54) is 6.07 Å². The Bertz CT molecular complexity index is 1460. The maximum absolute atomic E-state index is 13.2. The summed E-state index contributed by atoms with van der Waals surface area (Å²) in [4.78, 5) is 13.3. The summed E-state index contributed by atoms with van der Waals surface area (Å²) in [6, 6.07) is 27.5. The average molecular weight is 471 g/mol. The van der Waals surface area contributed by atoms with Crippen molar-refractivity contribution in [2.24, 2.45) is 0 Å². The van der Waals surface area contributed by atoms with Gasteiger partial charge in [-0.2, -0.15) is 0 Å².